The summed E-state index contributed by atoms with van der Waals surface area (Å²) in [5, 5.41) is 6.23. The van der Waals surface area contributed by atoms with E-state index in [2.05, 4.69) is 20.5 Å². The van der Waals surface area contributed by atoms with Crippen LogP contribution in [0.25, 0.3) is 0 Å². The summed E-state index contributed by atoms with van der Waals surface area (Å²) in [5.41, 5.74) is 2.18. The SMILES string of the molecule is CCNC(=NCC(=O)NC(C)(C)C)N1CCc2cc(OC)c(OC)cc2C1. The molecular formula is C20H32N4O3. The molecule has 0 atom stereocenters. The summed E-state index contributed by atoms with van der Waals surface area (Å²) >= 11 is 0. The second-order valence-electron chi connectivity index (χ2n) is 7.62. The van der Waals surface area contributed by atoms with E-state index < -0.39 is 0 Å². The molecular weight excluding hydrogens is 344 g/mol. The van der Waals surface area contributed by atoms with Gasteiger partial charge in [-0.3, -0.25) is 4.79 Å². The minimum atomic E-state index is -0.259. The number of benzene rings is 1. The van der Waals surface area contributed by atoms with E-state index in [0.717, 1.165) is 37.0 Å². The highest BCUT2D eigenvalue weighted by molar-refractivity contribution is 5.85. The molecule has 0 fully saturated rings. The van der Waals surface area contributed by atoms with Crippen LogP contribution in [0.1, 0.15) is 38.8 Å². The molecule has 1 amide bonds. The van der Waals surface area contributed by atoms with Crippen LogP contribution in [0.5, 0.6) is 11.5 Å². The molecule has 1 aromatic carbocycles. The van der Waals surface area contributed by atoms with Gasteiger partial charge in [0, 0.05) is 25.2 Å². The van der Waals surface area contributed by atoms with Gasteiger partial charge in [-0.1, -0.05) is 0 Å². The monoisotopic (exact) mass is 376 g/mol. The summed E-state index contributed by atoms with van der Waals surface area (Å²) < 4.78 is 10.8. The van der Waals surface area contributed by atoms with Gasteiger partial charge in [0.15, 0.2) is 17.5 Å². The Balaban J connectivity index is 2.15. The van der Waals surface area contributed by atoms with Gasteiger partial charge in [0.1, 0.15) is 6.54 Å². The third-order valence-electron chi connectivity index (χ3n) is 4.24. The second-order valence-corrected chi connectivity index (χ2v) is 7.62. The van der Waals surface area contributed by atoms with Crippen molar-refractivity contribution in [3.63, 3.8) is 0 Å². The molecule has 0 radical (unpaired) electrons. The molecule has 0 unspecified atom stereocenters. The quantitative estimate of drug-likeness (QED) is 0.607. The fraction of sp³-hybridized carbons (Fsp3) is 0.600. The average molecular weight is 377 g/mol. The first-order valence-corrected chi connectivity index (χ1v) is 9.35. The highest BCUT2D eigenvalue weighted by atomic mass is 16.5. The van der Waals surface area contributed by atoms with Crippen LogP contribution < -0.4 is 20.1 Å². The van der Waals surface area contributed by atoms with Crippen molar-refractivity contribution in [3.05, 3.63) is 23.3 Å². The molecule has 2 N–H and O–H groups in total. The topological polar surface area (TPSA) is 75.2 Å². The van der Waals surface area contributed by atoms with Crippen molar-refractivity contribution in [3.8, 4) is 11.5 Å². The Bertz CT molecular complexity index is 695. The Hall–Kier alpha value is -2.44. The molecule has 1 aromatic rings. The summed E-state index contributed by atoms with van der Waals surface area (Å²) in [6, 6.07) is 4.07. The molecule has 0 bridgehead atoms. The number of guanidine groups is 1. The predicted molar refractivity (Wildman–Crippen MR) is 108 cm³/mol. The first-order chi connectivity index (χ1) is 12.8. The molecule has 7 heteroatoms. The van der Waals surface area contributed by atoms with Gasteiger partial charge in [-0.25, -0.2) is 4.99 Å². The lowest BCUT2D eigenvalue weighted by Crippen LogP contribution is -2.45. The van der Waals surface area contributed by atoms with E-state index in [1.807, 2.05) is 39.8 Å². The number of amides is 1. The molecule has 150 valence electrons. The zero-order valence-electron chi connectivity index (χ0n) is 17.3. The first-order valence-electron chi connectivity index (χ1n) is 9.35. The molecule has 0 aromatic heterocycles. The number of carbonyl (C=O) groups excluding carboxylic acids is 1. The lowest BCUT2D eigenvalue weighted by molar-refractivity contribution is -0.121. The van der Waals surface area contributed by atoms with Gasteiger partial charge in [0.05, 0.1) is 14.2 Å². The number of carbonyl (C=O) groups is 1. The van der Waals surface area contributed by atoms with Crippen molar-refractivity contribution in [2.75, 3.05) is 33.9 Å². The molecule has 27 heavy (non-hydrogen) atoms. The van der Waals surface area contributed by atoms with E-state index in [0.29, 0.717) is 6.54 Å². The number of aliphatic imine (C=N–C) groups is 1. The van der Waals surface area contributed by atoms with E-state index in [1.165, 1.54) is 11.1 Å². The average Bonchev–Trinajstić information content (AvgIpc) is 2.62. The van der Waals surface area contributed by atoms with Crippen molar-refractivity contribution >= 4 is 11.9 Å². The predicted octanol–water partition coefficient (Wildman–Crippen LogP) is 1.94. The maximum atomic E-state index is 12.1. The Labute approximate surface area is 162 Å². The molecule has 1 heterocycles. The van der Waals surface area contributed by atoms with E-state index >= 15 is 0 Å². The molecule has 1 aliphatic rings. The highest BCUT2D eigenvalue weighted by Gasteiger charge is 2.22. The van der Waals surface area contributed by atoms with Crippen molar-refractivity contribution in [2.45, 2.75) is 46.2 Å². The van der Waals surface area contributed by atoms with E-state index in [1.54, 1.807) is 14.2 Å². The molecule has 0 spiro atoms. The molecule has 1 aliphatic heterocycles. The largest absolute Gasteiger partial charge is 0.493 e. The number of ether oxygens (including phenoxy) is 2. The van der Waals surface area contributed by atoms with Crippen LogP contribution in [-0.2, 0) is 17.8 Å². The lowest BCUT2D eigenvalue weighted by atomic mass is 9.99. The Kier molecular flexibility index (Phi) is 6.93. The molecule has 7 nitrogen and oxygen atoms in total. The van der Waals surface area contributed by atoms with Gasteiger partial charge in [-0.15, -0.1) is 0 Å². The van der Waals surface area contributed by atoms with Crippen molar-refractivity contribution < 1.29 is 14.3 Å². The normalized spacial score (nSPS) is 14.4. The third kappa shape index (κ3) is 5.77. The number of fused-ring (bicyclic) bond motifs is 1. The fourth-order valence-electron chi connectivity index (χ4n) is 3.09. The summed E-state index contributed by atoms with van der Waals surface area (Å²) in [4.78, 5) is 18.8. The van der Waals surface area contributed by atoms with Gasteiger partial charge >= 0.3 is 0 Å². The van der Waals surface area contributed by atoms with Crippen LogP contribution >= 0.6 is 0 Å². The van der Waals surface area contributed by atoms with E-state index in [4.69, 9.17) is 9.47 Å². The second kappa shape index (κ2) is 8.97. The number of methoxy groups -OCH3 is 2. The zero-order valence-corrected chi connectivity index (χ0v) is 17.3. The van der Waals surface area contributed by atoms with Crippen LogP contribution in [0, 0.1) is 0 Å². The zero-order chi connectivity index (χ0) is 20.0. The minimum absolute atomic E-state index is 0.0817. The molecule has 0 saturated carbocycles. The van der Waals surface area contributed by atoms with Crippen molar-refractivity contribution in [1.29, 1.82) is 0 Å². The lowest BCUT2D eigenvalue weighted by Gasteiger charge is -2.32. The van der Waals surface area contributed by atoms with Gasteiger partial charge in [-0.05, 0) is 57.4 Å². The van der Waals surface area contributed by atoms with Crippen molar-refractivity contribution in [1.82, 2.24) is 15.5 Å². The standard InChI is InChI=1S/C20H32N4O3/c1-7-21-19(22-12-18(25)23-20(2,3)4)24-9-8-14-10-16(26-5)17(27-6)11-15(14)13-24/h10-11H,7-9,12-13H2,1-6H3,(H,21,22)(H,23,25). The molecule has 0 saturated heterocycles. The summed E-state index contributed by atoms with van der Waals surface area (Å²) in [6.07, 6.45) is 0.883. The van der Waals surface area contributed by atoms with E-state index in [9.17, 15) is 4.79 Å². The van der Waals surface area contributed by atoms with Gasteiger partial charge in [-0.2, -0.15) is 0 Å². The number of nitrogens with one attached hydrogen (secondary N) is 2. The maximum absolute atomic E-state index is 12.1. The van der Waals surface area contributed by atoms with Gasteiger partial charge in [0.25, 0.3) is 0 Å². The van der Waals surface area contributed by atoms with Crippen LogP contribution in [0.15, 0.2) is 17.1 Å². The number of hydrogen-bond acceptors (Lipinski definition) is 4. The first kappa shape index (κ1) is 20.9. The molecule has 2 rings (SSSR count). The third-order valence-corrected chi connectivity index (χ3v) is 4.24. The van der Waals surface area contributed by atoms with Crippen LogP contribution in [0.4, 0.5) is 0 Å². The number of hydrogen-bond donors (Lipinski definition) is 2. The number of rotatable bonds is 5. The smallest absolute Gasteiger partial charge is 0.242 e. The van der Waals surface area contributed by atoms with Crippen molar-refractivity contribution in [2.24, 2.45) is 4.99 Å². The summed E-state index contributed by atoms with van der Waals surface area (Å²) in [5.74, 6) is 2.15. The van der Waals surface area contributed by atoms with Crippen LogP contribution in [-0.4, -0.2) is 56.2 Å². The molecule has 0 aliphatic carbocycles. The summed E-state index contributed by atoms with van der Waals surface area (Å²) in [6.45, 7) is 10.3. The highest BCUT2D eigenvalue weighted by Crippen LogP contribution is 2.33. The minimum Gasteiger partial charge on any atom is -0.493 e. The Morgan fingerprint density at radius 2 is 1.81 bits per heavy atom. The Morgan fingerprint density at radius 1 is 1.19 bits per heavy atom. The van der Waals surface area contributed by atoms with Crippen LogP contribution in [0.2, 0.25) is 0 Å². The maximum Gasteiger partial charge on any atom is 0.242 e. The Morgan fingerprint density at radius 3 is 2.37 bits per heavy atom. The van der Waals surface area contributed by atoms with E-state index in [-0.39, 0.29) is 18.0 Å². The van der Waals surface area contributed by atoms with Gasteiger partial charge < -0.3 is 25.0 Å². The number of nitrogens with zero attached hydrogens (tertiary/aromatic N) is 2. The summed E-state index contributed by atoms with van der Waals surface area (Å²) in [7, 11) is 3.29. The van der Waals surface area contributed by atoms with Gasteiger partial charge in [0.2, 0.25) is 5.91 Å². The fourth-order valence-corrected chi connectivity index (χ4v) is 3.09. The van der Waals surface area contributed by atoms with Crippen LogP contribution in [0.3, 0.4) is 0 Å².